The van der Waals surface area contributed by atoms with Crippen LogP contribution in [0.3, 0.4) is 0 Å². The van der Waals surface area contributed by atoms with Gasteiger partial charge in [0.2, 0.25) is 0 Å². The highest BCUT2D eigenvalue weighted by Crippen LogP contribution is 2.09. The maximum absolute atomic E-state index is 3.22. The monoisotopic (exact) mass is 376 g/mol. The molecule has 0 saturated carbocycles. The van der Waals surface area contributed by atoms with Crippen molar-refractivity contribution in [2.45, 2.75) is 64.7 Å². The Balaban J connectivity index is 3.45. The summed E-state index contributed by atoms with van der Waals surface area (Å²) in [4.78, 5) is 1.83. The van der Waals surface area contributed by atoms with E-state index in [2.05, 4.69) is 47.2 Å². The fourth-order valence-corrected chi connectivity index (χ4v) is 2.30. The Bertz CT molecular complexity index is 394. The van der Waals surface area contributed by atoms with Gasteiger partial charge in [0.25, 0.3) is 0 Å². The molecule has 0 bridgehead atoms. The van der Waals surface area contributed by atoms with Crippen LogP contribution in [0.5, 0.6) is 0 Å². The van der Waals surface area contributed by atoms with Gasteiger partial charge in [0.15, 0.2) is 0 Å². The van der Waals surface area contributed by atoms with Crippen LogP contribution in [0.15, 0.2) is 71.8 Å². The zero-order valence-electron chi connectivity index (χ0n) is 14.7. The predicted molar refractivity (Wildman–Crippen MR) is 111 cm³/mol. The molecule has 0 amide bonds. The Kier molecular flexibility index (Phi) is 19.9. The van der Waals surface area contributed by atoms with Gasteiger partial charge in [0, 0.05) is 0 Å². The summed E-state index contributed by atoms with van der Waals surface area (Å²) in [5, 5.41) is 0. The third kappa shape index (κ3) is 20.9. The largest absolute Gasteiger partial charge is 0.0845 e. The average Bonchev–Trinajstić information content (AvgIpc) is 2.57. The summed E-state index contributed by atoms with van der Waals surface area (Å²) < 4.78 is 0. The molecule has 0 saturated heterocycles. The molecule has 0 aliphatic carbocycles. The van der Waals surface area contributed by atoms with Gasteiger partial charge in [-0.2, -0.15) is 0 Å². The predicted octanol–water partition coefficient (Wildman–Crippen LogP) is 8.21. The molecule has 0 nitrogen and oxygen atoms in total. The normalized spacial score (nSPS) is 13.3. The van der Waals surface area contributed by atoms with E-state index in [0.29, 0.717) is 0 Å². The molecule has 0 aromatic rings. The Labute approximate surface area is 152 Å². The lowest BCUT2D eigenvalue weighted by molar-refractivity contribution is 0.577. The number of hydrogen-bond donors (Lipinski definition) is 0. The molecule has 0 heterocycles. The SMILES string of the molecule is CCCCCCCCCCC=CC=CC=CC=CC=CC=CBr. The van der Waals surface area contributed by atoms with Crippen LogP contribution in [0.25, 0.3) is 0 Å². The summed E-state index contributed by atoms with van der Waals surface area (Å²) in [5.74, 6) is 0. The van der Waals surface area contributed by atoms with Gasteiger partial charge in [-0.15, -0.1) is 0 Å². The Morgan fingerprint density at radius 3 is 1.48 bits per heavy atom. The van der Waals surface area contributed by atoms with Gasteiger partial charge in [-0.1, -0.05) is 135 Å². The summed E-state index contributed by atoms with van der Waals surface area (Å²) in [5.41, 5.74) is 0. The van der Waals surface area contributed by atoms with Crippen LogP contribution in [0.2, 0.25) is 0 Å². The first kappa shape index (κ1) is 21.9. The smallest absolute Gasteiger partial charge is 0.0189 e. The molecule has 1 heteroatoms. The topological polar surface area (TPSA) is 0 Å². The highest BCUT2D eigenvalue weighted by Gasteiger charge is 1.89. The van der Waals surface area contributed by atoms with E-state index in [-0.39, 0.29) is 0 Å². The van der Waals surface area contributed by atoms with Gasteiger partial charge in [0.05, 0.1) is 0 Å². The maximum Gasteiger partial charge on any atom is -0.0189 e. The van der Waals surface area contributed by atoms with E-state index in [4.69, 9.17) is 0 Å². The van der Waals surface area contributed by atoms with Crippen molar-refractivity contribution < 1.29 is 0 Å². The van der Waals surface area contributed by atoms with Gasteiger partial charge < -0.3 is 0 Å². The van der Waals surface area contributed by atoms with Crippen LogP contribution in [-0.2, 0) is 0 Å². The van der Waals surface area contributed by atoms with Crippen LogP contribution < -0.4 is 0 Å². The van der Waals surface area contributed by atoms with Crippen molar-refractivity contribution in [3.8, 4) is 0 Å². The summed E-state index contributed by atoms with van der Waals surface area (Å²) in [6, 6.07) is 0. The van der Waals surface area contributed by atoms with E-state index in [0.717, 1.165) is 0 Å². The van der Waals surface area contributed by atoms with Crippen LogP contribution in [-0.4, -0.2) is 0 Å². The molecule has 0 spiro atoms. The Morgan fingerprint density at radius 2 is 0.957 bits per heavy atom. The number of rotatable bonds is 14. The summed E-state index contributed by atoms with van der Waals surface area (Å²) >= 11 is 3.22. The highest BCUT2D eigenvalue weighted by molar-refractivity contribution is 9.11. The second-order valence-electron chi connectivity index (χ2n) is 5.55. The molecule has 0 fully saturated rings. The van der Waals surface area contributed by atoms with E-state index in [1.54, 1.807) is 0 Å². The highest BCUT2D eigenvalue weighted by atomic mass is 79.9. The second-order valence-corrected chi connectivity index (χ2v) is 6.08. The van der Waals surface area contributed by atoms with Crippen LogP contribution in [0.4, 0.5) is 0 Å². The lowest BCUT2D eigenvalue weighted by Crippen LogP contribution is -1.79. The Hall–Kier alpha value is -1.08. The maximum atomic E-state index is 3.22. The number of unbranched alkanes of at least 4 members (excludes halogenated alkanes) is 8. The number of hydrogen-bond acceptors (Lipinski definition) is 0. The second kappa shape index (κ2) is 20.9. The van der Waals surface area contributed by atoms with E-state index in [1.165, 1.54) is 57.8 Å². The first-order valence-corrected chi connectivity index (χ1v) is 9.92. The third-order valence-electron chi connectivity index (χ3n) is 3.43. The van der Waals surface area contributed by atoms with Gasteiger partial charge >= 0.3 is 0 Å². The van der Waals surface area contributed by atoms with Crippen molar-refractivity contribution in [1.29, 1.82) is 0 Å². The first-order valence-electron chi connectivity index (χ1n) is 9.00. The van der Waals surface area contributed by atoms with Crippen molar-refractivity contribution in [3.63, 3.8) is 0 Å². The van der Waals surface area contributed by atoms with E-state index >= 15 is 0 Å². The Morgan fingerprint density at radius 1 is 0.522 bits per heavy atom. The minimum Gasteiger partial charge on any atom is -0.0845 e. The zero-order chi connectivity index (χ0) is 16.8. The molecule has 23 heavy (non-hydrogen) atoms. The molecule has 0 aliphatic rings. The molecule has 0 N–H and O–H groups in total. The molecule has 0 unspecified atom stereocenters. The molecular weight excluding hydrogens is 344 g/mol. The van der Waals surface area contributed by atoms with Gasteiger partial charge in [-0.05, 0) is 17.8 Å². The lowest BCUT2D eigenvalue weighted by Gasteiger charge is -1.99. The molecule has 0 aromatic heterocycles. The first-order chi connectivity index (χ1) is 11.4. The van der Waals surface area contributed by atoms with Crippen LogP contribution >= 0.6 is 15.9 Å². The molecule has 0 aromatic carbocycles. The number of allylic oxidation sites excluding steroid dienone is 11. The van der Waals surface area contributed by atoms with E-state index < -0.39 is 0 Å². The van der Waals surface area contributed by atoms with Crippen molar-refractivity contribution in [1.82, 2.24) is 0 Å². The van der Waals surface area contributed by atoms with Crippen LogP contribution in [0.1, 0.15) is 64.7 Å². The van der Waals surface area contributed by atoms with Gasteiger partial charge in [-0.3, -0.25) is 0 Å². The lowest BCUT2D eigenvalue weighted by atomic mass is 10.1. The summed E-state index contributed by atoms with van der Waals surface area (Å²) in [7, 11) is 0. The van der Waals surface area contributed by atoms with Crippen molar-refractivity contribution in [2.24, 2.45) is 0 Å². The molecule has 0 radical (unpaired) electrons. The quantitative estimate of drug-likeness (QED) is 0.211. The van der Waals surface area contributed by atoms with Crippen molar-refractivity contribution in [2.75, 3.05) is 0 Å². The van der Waals surface area contributed by atoms with Gasteiger partial charge in [0.1, 0.15) is 0 Å². The molecule has 128 valence electrons. The molecular formula is C22H33Br. The third-order valence-corrected chi connectivity index (χ3v) is 3.74. The van der Waals surface area contributed by atoms with Gasteiger partial charge in [-0.25, -0.2) is 0 Å². The van der Waals surface area contributed by atoms with E-state index in [1.807, 2.05) is 47.5 Å². The summed E-state index contributed by atoms with van der Waals surface area (Å²) in [6.07, 6.45) is 34.9. The van der Waals surface area contributed by atoms with Crippen LogP contribution in [0, 0.1) is 0 Å². The minimum absolute atomic E-state index is 1.20. The van der Waals surface area contributed by atoms with Crippen molar-refractivity contribution in [3.05, 3.63) is 71.8 Å². The molecule has 0 rings (SSSR count). The average molecular weight is 377 g/mol. The fraction of sp³-hybridized carbons (Fsp3) is 0.455. The molecule has 0 atom stereocenters. The standard InChI is InChI=1S/C22H33Br/c1-2-3-4-5-6-7-8-9-10-11-12-13-14-15-16-17-18-19-20-21-22-23/h11-22H,2-10H2,1H3. The van der Waals surface area contributed by atoms with E-state index in [9.17, 15) is 0 Å². The minimum atomic E-state index is 1.20. The molecule has 0 aliphatic heterocycles. The van der Waals surface area contributed by atoms with Crippen molar-refractivity contribution >= 4 is 15.9 Å². The fourth-order valence-electron chi connectivity index (χ4n) is 2.13. The summed E-state index contributed by atoms with van der Waals surface area (Å²) in [6.45, 7) is 2.27. The number of halogens is 1. The zero-order valence-corrected chi connectivity index (χ0v) is 16.3.